The Labute approximate surface area is 122 Å². The van der Waals surface area contributed by atoms with Crippen molar-refractivity contribution in [1.82, 2.24) is 0 Å². The zero-order valence-electron chi connectivity index (χ0n) is 11.0. The summed E-state index contributed by atoms with van der Waals surface area (Å²) >= 11 is 6.07. The molecule has 0 aromatic heterocycles. The summed E-state index contributed by atoms with van der Waals surface area (Å²) in [7, 11) is 0. The fraction of sp³-hybridized carbons (Fsp3) is 0.133. The third kappa shape index (κ3) is 3.22. The molecule has 5 heteroatoms. The highest BCUT2D eigenvalue weighted by atomic mass is 35.5. The van der Waals surface area contributed by atoms with E-state index in [-0.39, 0.29) is 5.56 Å². The van der Waals surface area contributed by atoms with Gasteiger partial charge in [-0.3, -0.25) is 0 Å². The van der Waals surface area contributed by atoms with Gasteiger partial charge in [-0.15, -0.1) is 0 Å². The van der Waals surface area contributed by atoms with Crippen molar-refractivity contribution in [2.75, 3.05) is 11.1 Å². The fourth-order valence-corrected chi connectivity index (χ4v) is 2.28. The maximum Gasteiger partial charge on any atom is 0.337 e. The lowest BCUT2D eigenvalue weighted by Gasteiger charge is -2.13. The minimum Gasteiger partial charge on any atom is -0.478 e. The second-order valence-electron chi connectivity index (χ2n) is 4.57. The Balaban J connectivity index is 2.27. The number of nitrogens with two attached hydrogens (primary N) is 1. The summed E-state index contributed by atoms with van der Waals surface area (Å²) in [6, 6.07) is 10.9. The van der Waals surface area contributed by atoms with Crippen molar-refractivity contribution in [2.45, 2.75) is 13.5 Å². The average Bonchev–Trinajstić information content (AvgIpc) is 2.36. The Hall–Kier alpha value is -2.20. The molecule has 0 saturated heterocycles. The molecule has 4 nitrogen and oxygen atoms in total. The SMILES string of the molecule is Cc1cccc(CNc2c(Cl)cc(N)cc2C(=O)O)c1. The predicted molar refractivity (Wildman–Crippen MR) is 81.3 cm³/mol. The van der Waals surface area contributed by atoms with Gasteiger partial charge in [0.1, 0.15) is 0 Å². The molecule has 104 valence electrons. The van der Waals surface area contributed by atoms with E-state index in [1.54, 1.807) is 0 Å². The number of benzene rings is 2. The maximum absolute atomic E-state index is 11.2. The molecule has 0 atom stereocenters. The number of rotatable bonds is 4. The van der Waals surface area contributed by atoms with Crippen LogP contribution in [0.25, 0.3) is 0 Å². The van der Waals surface area contributed by atoms with Crippen LogP contribution in [0, 0.1) is 6.92 Å². The first-order valence-electron chi connectivity index (χ1n) is 6.09. The second-order valence-corrected chi connectivity index (χ2v) is 4.98. The van der Waals surface area contributed by atoms with Crippen LogP contribution in [0.1, 0.15) is 21.5 Å². The topological polar surface area (TPSA) is 75.3 Å². The molecule has 0 aliphatic heterocycles. The van der Waals surface area contributed by atoms with Crippen LogP contribution in [0.2, 0.25) is 5.02 Å². The van der Waals surface area contributed by atoms with Crippen molar-refractivity contribution in [3.63, 3.8) is 0 Å². The quantitative estimate of drug-likeness (QED) is 0.753. The third-order valence-corrected chi connectivity index (χ3v) is 3.19. The van der Waals surface area contributed by atoms with Gasteiger partial charge in [-0.25, -0.2) is 4.79 Å². The van der Waals surface area contributed by atoms with Crippen molar-refractivity contribution in [3.8, 4) is 0 Å². The van der Waals surface area contributed by atoms with Gasteiger partial charge in [-0.05, 0) is 24.6 Å². The Kier molecular flexibility index (Phi) is 4.15. The summed E-state index contributed by atoms with van der Waals surface area (Å²) in [5.74, 6) is -1.06. The van der Waals surface area contributed by atoms with E-state index in [1.807, 2.05) is 31.2 Å². The molecule has 0 aliphatic rings. The molecular formula is C15H15ClN2O2. The highest BCUT2D eigenvalue weighted by Gasteiger charge is 2.14. The molecular weight excluding hydrogens is 276 g/mol. The van der Waals surface area contributed by atoms with Gasteiger partial charge >= 0.3 is 5.97 Å². The monoisotopic (exact) mass is 290 g/mol. The van der Waals surface area contributed by atoms with Crippen molar-refractivity contribution in [3.05, 3.63) is 58.1 Å². The zero-order chi connectivity index (χ0) is 14.7. The summed E-state index contributed by atoms with van der Waals surface area (Å²) in [6.45, 7) is 2.49. The average molecular weight is 291 g/mol. The summed E-state index contributed by atoms with van der Waals surface area (Å²) in [4.78, 5) is 11.2. The van der Waals surface area contributed by atoms with Crippen LogP contribution in [0.15, 0.2) is 36.4 Å². The van der Waals surface area contributed by atoms with Crippen LogP contribution in [0.4, 0.5) is 11.4 Å². The molecule has 20 heavy (non-hydrogen) atoms. The Morgan fingerprint density at radius 2 is 2.10 bits per heavy atom. The summed E-state index contributed by atoms with van der Waals surface area (Å²) in [6.07, 6.45) is 0. The number of nitrogen functional groups attached to an aromatic ring is 1. The van der Waals surface area contributed by atoms with Crippen LogP contribution in [-0.4, -0.2) is 11.1 Å². The number of anilines is 2. The van der Waals surface area contributed by atoms with Crippen molar-refractivity contribution < 1.29 is 9.90 Å². The van der Waals surface area contributed by atoms with Gasteiger partial charge in [0, 0.05) is 12.2 Å². The molecule has 2 aromatic rings. The minimum absolute atomic E-state index is 0.0719. The van der Waals surface area contributed by atoms with Crippen molar-refractivity contribution in [1.29, 1.82) is 0 Å². The molecule has 2 rings (SSSR count). The van der Waals surface area contributed by atoms with Gasteiger partial charge in [0.25, 0.3) is 0 Å². The van der Waals surface area contributed by atoms with E-state index in [9.17, 15) is 9.90 Å². The first-order chi connectivity index (χ1) is 9.47. The molecule has 0 spiro atoms. The van der Waals surface area contributed by atoms with Crippen LogP contribution in [0.5, 0.6) is 0 Å². The molecule has 0 heterocycles. The summed E-state index contributed by atoms with van der Waals surface area (Å²) < 4.78 is 0. The number of nitrogens with one attached hydrogen (secondary N) is 1. The number of aryl methyl sites for hydroxylation is 1. The molecule has 0 bridgehead atoms. The molecule has 0 amide bonds. The standard InChI is InChI=1S/C15H15ClN2O2/c1-9-3-2-4-10(5-9)8-18-14-12(15(19)20)6-11(17)7-13(14)16/h2-7,18H,8,17H2,1H3,(H,19,20). The summed E-state index contributed by atoms with van der Waals surface area (Å²) in [5.41, 5.74) is 8.60. The molecule has 0 saturated carbocycles. The number of carboxylic acids is 1. The lowest BCUT2D eigenvalue weighted by Crippen LogP contribution is -2.08. The number of hydrogen-bond donors (Lipinski definition) is 3. The van der Waals surface area contributed by atoms with Crippen molar-refractivity contribution >= 4 is 28.9 Å². The van der Waals surface area contributed by atoms with Gasteiger partial charge in [-0.1, -0.05) is 41.4 Å². The first kappa shape index (κ1) is 14.2. The fourth-order valence-electron chi connectivity index (χ4n) is 1.99. The van der Waals surface area contributed by atoms with Gasteiger partial charge < -0.3 is 16.2 Å². The normalized spacial score (nSPS) is 10.3. The number of hydrogen-bond acceptors (Lipinski definition) is 3. The molecule has 2 aromatic carbocycles. The number of carboxylic acid groups (broad SMARTS) is 1. The van der Waals surface area contributed by atoms with E-state index in [2.05, 4.69) is 5.32 Å². The lowest BCUT2D eigenvalue weighted by atomic mass is 10.1. The van der Waals surface area contributed by atoms with E-state index in [4.69, 9.17) is 17.3 Å². The predicted octanol–water partition coefficient (Wildman–Crippen LogP) is 3.54. The third-order valence-electron chi connectivity index (χ3n) is 2.89. The van der Waals surface area contributed by atoms with Crippen LogP contribution in [0.3, 0.4) is 0 Å². The van der Waals surface area contributed by atoms with Gasteiger partial charge in [-0.2, -0.15) is 0 Å². The minimum atomic E-state index is -1.06. The first-order valence-corrected chi connectivity index (χ1v) is 6.47. The van der Waals surface area contributed by atoms with E-state index >= 15 is 0 Å². The largest absolute Gasteiger partial charge is 0.478 e. The molecule has 0 radical (unpaired) electrons. The highest BCUT2D eigenvalue weighted by Crippen LogP contribution is 2.29. The van der Waals surface area contributed by atoms with Gasteiger partial charge in [0.2, 0.25) is 0 Å². The smallest absolute Gasteiger partial charge is 0.337 e. The number of halogens is 1. The van der Waals surface area contributed by atoms with E-state index in [0.717, 1.165) is 11.1 Å². The Bertz CT molecular complexity index is 656. The van der Waals surface area contributed by atoms with Crippen LogP contribution >= 0.6 is 11.6 Å². The molecule has 0 aliphatic carbocycles. The van der Waals surface area contributed by atoms with Crippen LogP contribution in [-0.2, 0) is 6.54 Å². The van der Waals surface area contributed by atoms with Crippen LogP contribution < -0.4 is 11.1 Å². The molecule has 4 N–H and O–H groups in total. The van der Waals surface area contributed by atoms with Gasteiger partial charge in [0.15, 0.2) is 0 Å². The van der Waals surface area contributed by atoms with Crippen molar-refractivity contribution in [2.24, 2.45) is 0 Å². The van der Waals surface area contributed by atoms with E-state index in [0.29, 0.717) is 22.9 Å². The van der Waals surface area contributed by atoms with E-state index in [1.165, 1.54) is 12.1 Å². The lowest BCUT2D eigenvalue weighted by molar-refractivity contribution is 0.0698. The second kappa shape index (κ2) is 5.84. The molecule has 0 fully saturated rings. The number of aromatic carboxylic acids is 1. The maximum atomic E-state index is 11.2. The Morgan fingerprint density at radius 1 is 1.35 bits per heavy atom. The highest BCUT2D eigenvalue weighted by molar-refractivity contribution is 6.34. The zero-order valence-corrected chi connectivity index (χ0v) is 11.7. The van der Waals surface area contributed by atoms with Gasteiger partial charge in [0.05, 0.1) is 16.3 Å². The molecule has 0 unspecified atom stereocenters. The summed E-state index contributed by atoms with van der Waals surface area (Å²) in [5, 5.41) is 12.6. The number of carbonyl (C=O) groups is 1. The Morgan fingerprint density at radius 3 is 2.75 bits per heavy atom. The van der Waals surface area contributed by atoms with E-state index < -0.39 is 5.97 Å².